The molecular weight excluding hydrogens is 456 g/mol. The van der Waals surface area contributed by atoms with Crippen LogP contribution in [0, 0.1) is 5.92 Å². The molecule has 0 saturated heterocycles. The third-order valence-electron chi connectivity index (χ3n) is 5.27. The van der Waals surface area contributed by atoms with E-state index in [4.69, 9.17) is 10.5 Å². The van der Waals surface area contributed by atoms with Crippen LogP contribution in [0.4, 0.5) is 5.82 Å². The van der Waals surface area contributed by atoms with E-state index in [-0.39, 0.29) is 29.1 Å². The van der Waals surface area contributed by atoms with Gasteiger partial charge in [-0.15, -0.1) is 10.2 Å². The molecular formula is C23H30N6O4S. The average Bonchev–Trinajstić information content (AvgIpc) is 3.23. The first-order chi connectivity index (χ1) is 16.1. The Hall–Kier alpha value is -3.34. The molecule has 0 radical (unpaired) electrons. The first kappa shape index (κ1) is 25.3. The molecule has 2 N–H and O–H groups in total. The highest BCUT2D eigenvalue weighted by atomic mass is 32.2. The summed E-state index contributed by atoms with van der Waals surface area (Å²) in [5.41, 5.74) is 5.58. The lowest BCUT2D eigenvalue weighted by molar-refractivity contribution is 0.102. The van der Waals surface area contributed by atoms with E-state index in [0.717, 1.165) is 15.9 Å². The highest BCUT2D eigenvalue weighted by Gasteiger charge is 2.24. The van der Waals surface area contributed by atoms with Gasteiger partial charge in [-0.2, -0.15) is 0 Å². The van der Waals surface area contributed by atoms with Gasteiger partial charge in [-0.25, -0.2) is 4.79 Å². The summed E-state index contributed by atoms with van der Waals surface area (Å²) in [4.78, 5) is 38.3. The van der Waals surface area contributed by atoms with Crippen molar-refractivity contribution in [3.05, 3.63) is 50.7 Å². The van der Waals surface area contributed by atoms with Crippen LogP contribution in [0.25, 0.3) is 11.4 Å². The molecule has 0 atom stereocenters. The SMILES string of the molecule is COc1ccc(-c2nnc(SCC(=O)c3c(N)n(CC(C)C)c(=O)n(C)c3=O)n2C(C)C)cc1. The summed E-state index contributed by atoms with van der Waals surface area (Å²) in [5, 5.41) is 9.15. The van der Waals surface area contributed by atoms with Crippen molar-refractivity contribution in [1.29, 1.82) is 0 Å². The van der Waals surface area contributed by atoms with Crippen LogP contribution in [0.1, 0.15) is 44.1 Å². The van der Waals surface area contributed by atoms with Crippen LogP contribution < -0.4 is 21.7 Å². The Kier molecular flexibility index (Phi) is 7.65. The van der Waals surface area contributed by atoms with E-state index in [1.54, 1.807) is 7.11 Å². The lowest BCUT2D eigenvalue weighted by Crippen LogP contribution is -2.43. The Bertz CT molecular complexity index is 1300. The minimum atomic E-state index is -0.697. The van der Waals surface area contributed by atoms with Crippen molar-refractivity contribution < 1.29 is 9.53 Å². The zero-order valence-corrected chi connectivity index (χ0v) is 21.0. The highest BCUT2D eigenvalue weighted by molar-refractivity contribution is 7.99. The fourth-order valence-electron chi connectivity index (χ4n) is 3.57. The van der Waals surface area contributed by atoms with Gasteiger partial charge in [-0.1, -0.05) is 25.6 Å². The quantitative estimate of drug-likeness (QED) is 0.361. The first-order valence-electron chi connectivity index (χ1n) is 10.9. The maximum absolute atomic E-state index is 13.1. The van der Waals surface area contributed by atoms with Crippen LogP contribution in [-0.4, -0.2) is 42.5 Å². The van der Waals surface area contributed by atoms with Gasteiger partial charge >= 0.3 is 5.69 Å². The van der Waals surface area contributed by atoms with Gasteiger partial charge in [0.05, 0.1) is 12.9 Å². The molecule has 2 aromatic heterocycles. The number of aromatic nitrogens is 5. The average molecular weight is 487 g/mol. The summed E-state index contributed by atoms with van der Waals surface area (Å²) in [6.07, 6.45) is 0. The molecule has 182 valence electrons. The Morgan fingerprint density at radius 2 is 1.76 bits per heavy atom. The molecule has 0 saturated carbocycles. The van der Waals surface area contributed by atoms with Crippen molar-refractivity contribution in [2.45, 2.75) is 45.4 Å². The normalized spacial score (nSPS) is 11.4. The summed E-state index contributed by atoms with van der Waals surface area (Å²) < 4.78 is 9.35. The Morgan fingerprint density at radius 3 is 2.32 bits per heavy atom. The maximum Gasteiger partial charge on any atom is 0.332 e. The molecule has 0 fully saturated rings. The lowest BCUT2D eigenvalue weighted by Gasteiger charge is -2.16. The molecule has 0 aliphatic heterocycles. The van der Waals surface area contributed by atoms with Gasteiger partial charge < -0.3 is 10.5 Å². The van der Waals surface area contributed by atoms with E-state index in [1.807, 2.05) is 56.5 Å². The van der Waals surface area contributed by atoms with E-state index in [9.17, 15) is 14.4 Å². The molecule has 1 aromatic carbocycles. The number of carbonyl (C=O) groups excluding carboxylic acids is 1. The minimum Gasteiger partial charge on any atom is -0.497 e. The van der Waals surface area contributed by atoms with E-state index in [0.29, 0.717) is 17.5 Å². The second-order valence-corrected chi connectivity index (χ2v) is 9.56. The van der Waals surface area contributed by atoms with Crippen LogP contribution in [0.5, 0.6) is 5.75 Å². The Balaban J connectivity index is 1.92. The van der Waals surface area contributed by atoms with Crippen molar-refractivity contribution in [3.63, 3.8) is 0 Å². The van der Waals surface area contributed by atoms with Gasteiger partial charge in [0.25, 0.3) is 5.56 Å². The number of methoxy groups -OCH3 is 1. The molecule has 34 heavy (non-hydrogen) atoms. The summed E-state index contributed by atoms with van der Waals surface area (Å²) in [7, 11) is 2.95. The van der Waals surface area contributed by atoms with Crippen LogP contribution >= 0.6 is 11.8 Å². The number of Topliss-reactive ketones (excluding diaryl/α,β-unsaturated/α-hetero) is 1. The maximum atomic E-state index is 13.1. The van der Waals surface area contributed by atoms with Crippen molar-refractivity contribution >= 4 is 23.4 Å². The van der Waals surface area contributed by atoms with Gasteiger partial charge in [0, 0.05) is 25.2 Å². The fourth-order valence-corrected chi connectivity index (χ4v) is 4.51. The smallest absolute Gasteiger partial charge is 0.332 e. The molecule has 11 heteroatoms. The summed E-state index contributed by atoms with van der Waals surface area (Å²) >= 11 is 1.17. The van der Waals surface area contributed by atoms with Crippen LogP contribution in [-0.2, 0) is 13.6 Å². The zero-order chi connectivity index (χ0) is 25.2. The highest BCUT2D eigenvalue weighted by Crippen LogP contribution is 2.29. The van der Waals surface area contributed by atoms with Crippen molar-refractivity contribution in [2.75, 3.05) is 18.6 Å². The molecule has 10 nitrogen and oxygen atoms in total. The molecule has 3 aromatic rings. The number of hydrogen-bond acceptors (Lipinski definition) is 8. The fraction of sp³-hybridized carbons (Fsp3) is 0.435. The first-order valence-corrected chi connectivity index (χ1v) is 11.9. The number of benzene rings is 1. The lowest BCUT2D eigenvalue weighted by atomic mass is 10.2. The molecule has 0 bridgehead atoms. The zero-order valence-electron chi connectivity index (χ0n) is 20.2. The molecule has 0 unspecified atom stereocenters. The number of nitrogen functional groups attached to an aromatic ring is 1. The molecule has 3 rings (SSSR count). The van der Waals surface area contributed by atoms with Gasteiger partial charge in [-0.05, 0) is 44.0 Å². The topological polar surface area (TPSA) is 127 Å². The number of anilines is 1. The summed E-state index contributed by atoms with van der Waals surface area (Å²) in [6, 6.07) is 7.49. The number of hydrogen-bond donors (Lipinski definition) is 1. The molecule has 0 spiro atoms. The number of carbonyl (C=O) groups is 1. The Morgan fingerprint density at radius 1 is 1.12 bits per heavy atom. The third-order valence-corrected chi connectivity index (χ3v) is 6.21. The molecule has 2 heterocycles. The van der Waals surface area contributed by atoms with Crippen molar-refractivity contribution in [2.24, 2.45) is 13.0 Å². The van der Waals surface area contributed by atoms with E-state index < -0.39 is 17.0 Å². The van der Waals surface area contributed by atoms with Gasteiger partial charge in [-0.3, -0.25) is 23.3 Å². The van der Waals surface area contributed by atoms with Gasteiger partial charge in [0.2, 0.25) is 0 Å². The van der Waals surface area contributed by atoms with Gasteiger partial charge in [0.15, 0.2) is 16.8 Å². The molecule has 0 amide bonds. The predicted octanol–water partition coefficient (Wildman–Crippen LogP) is 2.61. The summed E-state index contributed by atoms with van der Waals surface area (Å²) in [5.74, 6) is 0.857. The largest absolute Gasteiger partial charge is 0.497 e. The molecule has 0 aliphatic carbocycles. The second kappa shape index (κ2) is 10.3. The number of rotatable bonds is 9. The van der Waals surface area contributed by atoms with Crippen LogP contribution in [0.2, 0.25) is 0 Å². The third kappa shape index (κ3) is 4.93. The number of nitrogens with two attached hydrogens (primary N) is 1. The van der Waals surface area contributed by atoms with Crippen molar-refractivity contribution in [1.82, 2.24) is 23.9 Å². The van der Waals surface area contributed by atoms with E-state index >= 15 is 0 Å². The Labute approximate surface area is 201 Å². The second-order valence-electron chi connectivity index (χ2n) is 8.62. The van der Waals surface area contributed by atoms with Crippen LogP contribution in [0.3, 0.4) is 0 Å². The number of ether oxygens (including phenoxy) is 1. The number of thioether (sulfide) groups is 1. The predicted molar refractivity (Wildman–Crippen MR) is 133 cm³/mol. The number of ketones is 1. The van der Waals surface area contributed by atoms with Crippen LogP contribution in [0.15, 0.2) is 39.0 Å². The van der Waals surface area contributed by atoms with E-state index in [2.05, 4.69) is 10.2 Å². The molecule has 0 aliphatic rings. The monoisotopic (exact) mass is 486 g/mol. The summed E-state index contributed by atoms with van der Waals surface area (Å²) in [6.45, 7) is 8.15. The minimum absolute atomic E-state index is 0.0237. The van der Waals surface area contributed by atoms with Gasteiger partial charge in [0.1, 0.15) is 17.1 Å². The van der Waals surface area contributed by atoms with E-state index in [1.165, 1.54) is 23.4 Å². The van der Waals surface area contributed by atoms with Crippen molar-refractivity contribution in [3.8, 4) is 17.1 Å². The standard InChI is InChI=1S/C23H30N6O4S/c1-13(2)11-28-19(24)18(21(31)27(5)23(28)32)17(30)12-34-22-26-25-20(29(22)14(3)4)15-7-9-16(33-6)10-8-15/h7-10,13-14H,11-12,24H2,1-6H3. The number of nitrogens with zero attached hydrogens (tertiary/aromatic N) is 5.